The van der Waals surface area contributed by atoms with Crippen molar-refractivity contribution in [2.24, 2.45) is 0 Å². The van der Waals surface area contributed by atoms with E-state index in [0.29, 0.717) is 0 Å². The Morgan fingerprint density at radius 1 is 1.07 bits per heavy atom. The molecule has 0 spiro atoms. The molecule has 1 N–H and O–H groups in total. The van der Waals surface area contributed by atoms with Crippen LogP contribution in [0.2, 0.25) is 0 Å². The molecule has 1 aromatic heterocycles. The summed E-state index contributed by atoms with van der Waals surface area (Å²) in [6.07, 6.45) is 3.72. The molecular formula is C22H33N5O2S. The van der Waals surface area contributed by atoms with Crippen LogP contribution in [0.15, 0.2) is 29.4 Å². The monoisotopic (exact) mass is 431 g/mol. The minimum Gasteiger partial charge on any atom is -0.497 e. The molecule has 0 aliphatic carbocycles. The minimum absolute atomic E-state index is 0.00455. The maximum absolute atomic E-state index is 12.5. The summed E-state index contributed by atoms with van der Waals surface area (Å²) < 4.78 is 7.40. The summed E-state index contributed by atoms with van der Waals surface area (Å²) in [6.45, 7) is 10.2. The van der Waals surface area contributed by atoms with Crippen LogP contribution in [0.1, 0.15) is 58.8 Å². The molecule has 1 aliphatic heterocycles. The molecule has 1 saturated heterocycles. The number of benzene rings is 1. The van der Waals surface area contributed by atoms with Gasteiger partial charge in [0.25, 0.3) is 0 Å². The number of ether oxygens (including phenoxy) is 1. The summed E-state index contributed by atoms with van der Waals surface area (Å²) in [4.78, 5) is 14.9. The van der Waals surface area contributed by atoms with Crippen molar-refractivity contribution in [2.45, 2.75) is 69.4 Å². The van der Waals surface area contributed by atoms with Crippen LogP contribution in [-0.2, 0) is 4.79 Å². The first-order chi connectivity index (χ1) is 14.4. The Labute approximate surface area is 183 Å². The van der Waals surface area contributed by atoms with Gasteiger partial charge in [-0.1, -0.05) is 18.2 Å². The minimum atomic E-state index is -0.272. The van der Waals surface area contributed by atoms with Crippen LogP contribution in [0.3, 0.4) is 0 Å². The smallest absolute Gasteiger partial charge is 0.233 e. The topological polar surface area (TPSA) is 72.3 Å². The molecule has 0 bridgehead atoms. The van der Waals surface area contributed by atoms with Gasteiger partial charge in [-0.2, -0.15) is 0 Å². The highest BCUT2D eigenvalue weighted by Crippen LogP contribution is 2.31. The van der Waals surface area contributed by atoms with Crippen molar-refractivity contribution < 1.29 is 9.53 Å². The SMILES string of the molecule is COc1ccc(-n2c(S[C@@H](C)C(=O)NC(C)C)nnc2[C@@H](C)N2CCCCC2)cc1. The number of piperidine rings is 1. The summed E-state index contributed by atoms with van der Waals surface area (Å²) >= 11 is 1.44. The van der Waals surface area contributed by atoms with Crippen molar-refractivity contribution in [2.75, 3.05) is 20.2 Å². The van der Waals surface area contributed by atoms with Gasteiger partial charge in [-0.3, -0.25) is 14.3 Å². The second-order valence-electron chi connectivity index (χ2n) is 8.07. The summed E-state index contributed by atoms with van der Waals surface area (Å²) in [5.41, 5.74) is 0.971. The lowest BCUT2D eigenvalue weighted by atomic mass is 10.1. The van der Waals surface area contributed by atoms with Gasteiger partial charge in [0.2, 0.25) is 5.91 Å². The van der Waals surface area contributed by atoms with Crippen LogP contribution in [0, 0.1) is 0 Å². The van der Waals surface area contributed by atoms with E-state index in [4.69, 9.17) is 4.74 Å². The van der Waals surface area contributed by atoms with E-state index in [9.17, 15) is 4.79 Å². The van der Waals surface area contributed by atoms with E-state index in [0.717, 1.165) is 35.5 Å². The van der Waals surface area contributed by atoms with E-state index >= 15 is 0 Å². The zero-order valence-corrected chi connectivity index (χ0v) is 19.4. The van der Waals surface area contributed by atoms with Gasteiger partial charge in [-0.15, -0.1) is 10.2 Å². The summed E-state index contributed by atoms with van der Waals surface area (Å²) in [5, 5.41) is 12.5. The number of amides is 1. The zero-order valence-electron chi connectivity index (χ0n) is 18.6. The van der Waals surface area contributed by atoms with Gasteiger partial charge in [-0.05, 0) is 77.9 Å². The second kappa shape index (κ2) is 10.3. The number of carbonyl (C=O) groups is 1. The standard InChI is InChI=1S/C22H33N5O2S/c1-15(2)23-21(28)17(4)30-22-25-24-20(16(3)26-13-7-6-8-14-26)27(22)18-9-11-19(29-5)12-10-18/h9-12,15-17H,6-8,13-14H2,1-5H3,(H,23,28)/t16-,17+/m1/s1. The first-order valence-corrected chi connectivity index (χ1v) is 11.6. The van der Waals surface area contributed by atoms with Crippen molar-refractivity contribution in [1.29, 1.82) is 0 Å². The number of nitrogens with zero attached hydrogens (tertiary/aromatic N) is 4. The normalized spacial score (nSPS) is 17.0. The molecule has 1 amide bonds. The number of carbonyl (C=O) groups excluding carboxylic acids is 1. The highest BCUT2D eigenvalue weighted by molar-refractivity contribution is 8.00. The third-order valence-electron chi connectivity index (χ3n) is 5.38. The van der Waals surface area contributed by atoms with E-state index in [2.05, 4.69) is 31.9 Å². The fourth-order valence-corrected chi connectivity index (χ4v) is 4.57. The quantitative estimate of drug-likeness (QED) is 0.641. The van der Waals surface area contributed by atoms with Crippen molar-refractivity contribution in [1.82, 2.24) is 25.0 Å². The number of methoxy groups -OCH3 is 1. The average Bonchev–Trinajstić information content (AvgIpc) is 3.16. The molecule has 0 radical (unpaired) electrons. The molecule has 2 aromatic rings. The maximum atomic E-state index is 12.5. The van der Waals surface area contributed by atoms with Gasteiger partial charge in [0.1, 0.15) is 5.75 Å². The number of thioether (sulfide) groups is 1. The average molecular weight is 432 g/mol. The predicted octanol–water partition coefficient (Wildman–Crippen LogP) is 3.83. The summed E-state index contributed by atoms with van der Waals surface area (Å²) in [5.74, 6) is 1.71. The third-order valence-corrected chi connectivity index (χ3v) is 6.43. The number of hydrogen-bond donors (Lipinski definition) is 1. The van der Waals surface area contributed by atoms with Crippen molar-refractivity contribution in [3.63, 3.8) is 0 Å². The van der Waals surface area contributed by atoms with E-state index in [1.54, 1.807) is 7.11 Å². The van der Waals surface area contributed by atoms with Gasteiger partial charge in [0.05, 0.1) is 18.4 Å². The van der Waals surface area contributed by atoms with Crippen LogP contribution in [0.5, 0.6) is 5.75 Å². The lowest BCUT2D eigenvalue weighted by Crippen LogP contribution is -2.36. The summed E-state index contributed by atoms with van der Waals surface area (Å²) in [7, 11) is 1.66. The van der Waals surface area contributed by atoms with Crippen LogP contribution < -0.4 is 10.1 Å². The Bertz CT molecular complexity index is 831. The van der Waals surface area contributed by atoms with Crippen LogP contribution in [0.25, 0.3) is 5.69 Å². The summed E-state index contributed by atoms with van der Waals surface area (Å²) in [6, 6.07) is 8.15. The van der Waals surface area contributed by atoms with Gasteiger partial charge in [0.15, 0.2) is 11.0 Å². The van der Waals surface area contributed by atoms with Gasteiger partial charge < -0.3 is 10.1 Å². The highest BCUT2D eigenvalue weighted by Gasteiger charge is 2.27. The Morgan fingerprint density at radius 2 is 1.73 bits per heavy atom. The maximum Gasteiger partial charge on any atom is 0.233 e. The molecular weight excluding hydrogens is 398 g/mol. The molecule has 1 aliphatic rings. The van der Waals surface area contributed by atoms with Crippen LogP contribution in [-0.4, -0.2) is 57.1 Å². The molecule has 0 saturated carbocycles. The van der Waals surface area contributed by atoms with Gasteiger partial charge >= 0.3 is 0 Å². The van der Waals surface area contributed by atoms with Gasteiger partial charge in [0, 0.05) is 11.7 Å². The number of aromatic nitrogens is 3. The molecule has 164 valence electrons. The fraction of sp³-hybridized carbons (Fsp3) is 0.591. The molecule has 2 heterocycles. The number of rotatable bonds is 8. The van der Waals surface area contributed by atoms with Gasteiger partial charge in [-0.25, -0.2) is 0 Å². The Hall–Kier alpha value is -2.06. The molecule has 8 heteroatoms. The zero-order chi connectivity index (χ0) is 21.7. The van der Waals surface area contributed by atoms with Crippen LogP contribution in [0.4, 0.5) is 0 Å². The Balaban J connectivity index is 1.93. The molecule has 2 atom stereocenters. The lowest BCUT2D eigenvalue weighted by molar-refractivity contribution is -0.120. The number of nitrogens with one attached hydrogen (secondary N) is 1. The first-order valence-electron chi connectivity index (χ1n) is 10.7. The van der Waals surface area contributed by atoms with Crippen LogP contribution >= 0.6 is 11.8 Å². The van der Waals surface area contributed by atoms with E-state index in [1.165, 1.54) is 31.0 Å². The molecule has 30 heavy (non-hydrogen) atoms. The fourth-order valence-electron chi connectivity index (χ4n) is 3.68. The van der Waals surface area contributed by atoms with E-state index in [1.807, 2.05) is 45.0 Å². The molecule has 7 nitrogen and oxygen atoms in total. The van der Waals surface area contributed by atoms with E-state index in [-0.39, 0.29) is 23.2 Å². The number of likely N-dealkylation sites (tertiary alicyclic amines) is 1. The highest BCUT2D eigenvalue weighted by atomic mass is 32.2. The van der Waals surface area contributed by atoms with E-state index < -0.39 is 0 Å². The first kappa shape index (κ1) is 22.6. The predicted molar refractivity (Wildman–Crippen MR) is 120 cm³/mol. The van der Waals surface area contributed by atoms with Crippen molar-refractivity contribution in [3.8, 4) is 11.4 Å². The molecule has 1 aromatic carbocycles. The molecule has 0 unspecified atom stereocenters. The number of hydrogen-bond acceptors (Lipinski definition) is 6. The Morgan fingerprint density at radius 3 is 2.33 bits per heavy atom. The molecule has 1 fully saturated rings. The van der Waals surface area contributed by atoms with Crippen molar-refractivity contribution in [3.05, 3.63) is 30.1 Å². The molecule has 3 rings (SSSR count). The second-order valence-corrected chi connectivity index (χ2v) is 9.38. The van der Waals surface area contributed by atoms with Crippen molar-refractivity contribution >= 4 is 17.7 Å². The lowest BCUT2D eigenvalue weighted by Gasteiger charge is -2.32. The Kier molecular flexibility index (Phi) is 7.77. The third kappa shape index (κ3) is 5.35. The largest absolute Gasteiger partial charge is 0.497 e.